The van der Waals surface area contributed by atoms with Crippen LogP contribution < -0.4 is 5.32 Å². The van der Waals surface area contributed by atoms with Crippen molar-refractivity contribution in [1.29, 1.82) is 0 Å². The van der Waals surface area contributed by atoms with Gasteiger partial charge in [-0.25, -0.2) is 0 Å². The molecule has 4 heteroatoms. The van der Waals surface area contributed by atoms with Crippen molar-refractivity contribution in [1.82, 2.24) is 15.2 Å². The molecule has 2 aromatic rings. The van der Waals surface area contributed by atoms with E-state index < -0.39 is 0 Å². The van der Waals surface area contributed by atoms with Gasteiger partial charge in [0.15, 0.2) is 0 Å². The van der Waals surface area contributed by atoms with E-state index in [1.807, 2.05) is 18.3 Å². The highest BCUT2D eigenvalue weighted by Gasteiger charge is 2.24. The number of morpholine rings is 1. The molecule has 0 unspecified atom stereocenters. The predicted molar refractivity (Wildman–Crippen MR) is 97.0 cm³/mol. The number of benzene rings is 1. The number of rotatable bonds is 6. The lowest BCUT2D eigenvalue weighted by molar-refractivity contribution is -0.0183. The summed E-state index contributed by atoms with van der Waals surface area (Å²) < 4.78 is 5.55. The van der Waals surface area contributed by atoms with Crippen LogP contribution in [0.2, 0.25) is 0 Å². The number of hydrogen-bond donors (Lipinski definition) is 1. The Balaban J connectivity index is 1.70. The number of ether oxygens (including phenoxy) is 1. The van der Waals surface area contributed by atoms with Gasteiger partial charge in [-0.05, 0) is 31.5 Å². The minimum absolute atomic E-state index is 0.117. The van der Waals surface area contributed by atoms with E-state index in [1.54, 1.807) is 0 Å². The van der Waals surface area contributed by atoms with E-state index in [0.717, 1.165) is 32.0 Å². The van der Waals surface area contributed by atoms with Crippen LogP contribution in [0.25, 0.3) is 0 Å². The lowest BCUT2D eigenvalue weighted by Crippen LogP contribution is -2.51. The van der Waals surface area contributed by atoms with Gasteiger partial charge in [-0.15, -0.1) is 0 Å². The van der Waals surface area contributed by atoms with Crippen molar-refractivity contribution in [2.24, 2.45) is 0 Å². The van der Waals surface area contributed by atoms with Crippen LogP contribution >= 0.6 is 0 Å². The second kappa shape index (κ2) is 8.38. The van der Waals surface area contributed by atoms with Gasteiger partial charge in [0, 0.05) is 31.4 Å². The van der Waals surface area contributed by atoms with Gasteiger partial charge in [0.2, 0.25) is 0 Å². The molecule has 0 spiro atoms. The van der Waals surface area contributed by atoms with E-state index in [2.05, 4.69) is 65.4 Å². The molecule has 1 N–H and O–H groups in total. The topological polar surface area (TPSA) is 37.4 Å². The smallest absolute Gasteiger partial charge is 0.0751 e. The first-order chi connectivity index (χ1) is 11.8. The van der Waals surface area contributed by atoms with E-state index in [4.69, 9.17) is 4.74 Å². The number of nitrogens with one attached hydrogen (secondary N) is 1. The maximum Gasteiger partial charge on any atom is 0.0751 e. The van der Waals surface area contributed by atoms with Crippen LogP contribution in [0.3, 0.4) is 0 Å². The third kappa shape index (κ3) is 4.20. The summed E-state index contributed by atoms with van der Waals surface area (Å²) >= 11 is 0. The summed E-state index contributed by atoms with van der Waals surface area (Å²) in [4.78, 5) is 7.09. The quantitative estimate of drug-likeness (QED) is 0.886. The summed E-state index contributed by atoms with van der Waals surface area (Å²) in [5.41, 5.74) is 2.31. The van der Waals surface area contributed by atoms with Crippen molar-refractivity contribution >= 4 is 0 Å². The molecule has 1 aromatic heterocycles. The summed E-state index contributed by atoms with van der Waals surface area (Å²) in [6.45, 7) is 8.10. The average molecular weight is 325 g/mol. The zero-order valence-corrected chi connectivity index (χ0v) is 14.6. The van der Waals surface area contributed by atoms with Gasteiger partial charge in [0.1, 0.15) is 0 Å². The largest absolute Gasteiger partial charge is 0.379 e. The van der Waals surface area contributed by atoms with Gasteiger partial charge in [-0.3, -0.25) is 9.88 Å². The zero-order valence-electron chi connectivity index (χ0n) is 14.6. The molecule has 3 rings (SSSR count). The highest BCUT2D eigenvalue weighted by Crippen LogP contribution is 2.20. The van der Waals surface area contributed by atoms with Crippen molar-refractivity contribution in [3.05, 3.63) is 66.0 Å². The van der Waals surface area contributed by atoms with E-state index in [9.17, 15) is 0 Å². The van der Waals surface area contributed by atoms with Crippen LogP contribution in [-0.2, 0) is 4.74 Å². The van der Waals surface area contributed by atoms with Crippen LogP contribution in [0.1, 0.15) is 31.1 Å². The third-order valence-corrected chi connectivity index (χ3v) is 4.72. The minimum Gasteiger partial charge on any atom is -0.379 e. The van der Waals surface area contributed by atoms with Crippen molar-refractivity contribution in [2.75, 3.05) is 26.3 Å². The Hall–Kier alpha value is -1.75. The van der Waals surface area contributed by atoms with Crippen LogP contribution in [0.4, 0.5) is 0 Å². The molecule has 1 aromatic carbocycles. The van der Waals surface area contributed by atoms with Crippen LogP contribution in [0.15, 0.2) is 54.7 Å². The molecule has 128 valence electrons. The predicted octanol–water partition coefficient (Wildman–Crippen LogP) is 2.87. The first-order valence-corrected chi connectivity index (χ1v) is 8.78. The Morgan fingerprint density at radius 3 is 2.71 bits per heavy atom. The molecule has 0 bridgehead atoms. The fourth-order valence-corrected chi connectivity index (χ4v) is 3.39. The lowest BCUT2D eigenvalue weighted by Gasteiger charge is -2.38. The van der Waals surface area contributed by atoms with E-state index in [1.165, 1.54) is 5.56 Å². The molecule has 3 atom stereocenters. The number of hydrogen-bond acceptors (Lipinski definition) is 4. The number of nitrogens with zero attached hydrogens (tertiary/aromatic N) is 2. The minimum atomic E-state index is 0.117. The van der Waals surface area contributed by atoms with Crippen LogP contribution in [0, 0.1) is 0 Å². The van der Waals surface area contributed by atoms with E-state index in [-0.39, 0.29) is 6.04 Å². The Morgan fingerprint density at radius 1 is 1.21 bits per heavy atom. The van der Waals surface area contributed by atoms with Crippen molar-refractivity contribution in [3.63, 3.8) is 0 Å². The summed E-state index contributed by atoms with van der Waals surface area (Å²) in [5.74, 6) is 0. The van der Waals surface area contributed by atoms with Gasteiger partial charge < -0.3 is 10.1 Å². The van der Waals surface area contributed by atoms with Crippen LogP contribution in [-0.4, -0.2) is 48.3 Å². The zero-order chi connectivity index (χ0) is 16.8. The van der Waals surface area contributed by atoms with E-state index in [0.29, 0.717) is 12.1 Å². The summed E-state index contributed by atoms with van der Waals surface area (Å²) in [6.07, 6.45) is 1.86. The molecule has 1 aliphatic rings. The standard InChI is InChI=1S/C20H27N3O/c1-16(23-12-13-24-15-17(23)2)14-22-20(18-8-4-3-5-9-18)19-10-6-7-11-21-19/h3-11,16-17,20,22H,12-15H2,1-2H3/t16-,17-,20-/m1/s1. The molecule has 0 saturated carbocycles. The highest BCUT2D eigenvalue weighted by molar-refractivity contribution is 5.27. The van der Waals surface area contributed by atoms with Gasteiger partial charge in [0.25, 0.3) is 0 Å². The van der Waals surface area contributed by atoms with Gasteiger partial charge in [-0.1, -0.05) is 36.4 Å². The monoisotopic (exact) mass is 325 g/mol. The molecule has 0 amide bonds. The Bertz CT molecular complexity index is 565. The van der Waals surface area contributed by atoms with Crippen molar-refractivity contribution in [3.8, 4) is 0 Å². The fraction of sp³-hybridized carbons (Fsp3) is 0.450. The highest BCUT2D eigenvalue weighted by atomic mass is 16.5. The second-order valence-corrected chi connectivity index (χ2v) is 6.52. The Morgan fingerprint density at radius 2 is 2.00 bits per heavy atom. The molecule has 1 fully saturated rings. The fourth-order valence-electron chi connectivity index (χ4n) is 3.39. The molecule has 0 radical (unpaired) electrons. The number of pyridine rings is 1. The molecule has 2 heterocycles. The Labute approximate surface area is 144 Å². The van der Waals surface area contributed by atoms with Gasteiger partial charge >= 0.3 is 0 Å². The average Bonchev–Trinajstić information content (AvgIpc) is 2.64. The maximum atomic E-state index is 5.55. The summed E-state index contributed by atoms with van der Waals surface area (Å²) in [7, 11) is 0. The normalized spacial score (nSPS) is 21.3. The molecule has 4 nitrogen and oxygen atoms in total. The lowest BCUT2D eigenvalue weighted by atomic mass is 10.0. The van der Waals surface area contributed by atoms with Gasteiger partial charge in [-0.2, -0.15) is 0 Å². The van der Waals surface area contributed by atoms with Crippen molar-refractivity contribution in [2.45, 2.75) is 32.0 Å². The molecule has 0 aliphatic carbocycles. The SMILES string of the molecule is C[C@H](CN[C@H](c1ccccc1)c1ccccn1)N1CCOC[C@H]1C. The molecule has 1 saturated heterocycles. The molecule has 1 aliphatic heterocycles. The first-order valence-electron chi connectivity index (χ1n) is 8.78. The third-order valence-electron chi connectivity index (χ3n) is 4.72. The van der Waals surface area contributed by atoms with Crippen molar-refractivity contribution < 1.29 is 4.74 Å². The maximum absolute atomic E-state index is 5.55. The van der Waals surface area contributed by atoms with Gasteiger partial charge in [0.05, 0.1) is 24.9 Å². The first kappa shape index (κ1) is 17.1. The molecule has 24 heavy (non-hydrogen) atoms. The second-order valence-electron chi connectivity index (χ2n) is 6.52. The molecular formula is C20H27N3O. The van der Waals surface area contributed by atoms with E-state index >= 15 is 0 Å². The number of aromatic nitrogens is 1. The molecular weight excluding hydrogens is 298 g/mol. The summed E-state index contributed by atoms with van der Waals surface area (Å²) in [6, 6.07) is 17.7. The van der Waals surface area contributed by atoms with Crippen LogP contribution in [0.5, 0.6) is 0 Å². The Kier molecular flexibility index (Phi) is 5.96. The summed E-state index contributed by atoms with van der Waals surface area (Å²) in [5, 5.41) is 3.72.